The van der Waals surface area contributed by atoms with Gasteiger partial charge in [-0.1, -0.05) is 0 Å². The predicted octanol–water partition coefficient (Wildman–Crippen LogP) is 1.21. The first-order valence-electron chi connectivity index (χ1n) is 7.37. The third-order valence-electron chi connectivity index (χ3n) is 3.53. The molecule has 120 valence electrons. The summed E-state index contributed by atoms with van der Waals surface area (Å²) in [6, 6.07) is 5.09. The van der Waals surface area contributed by atoms with Gasteiger partial charge in [-0.05, 0) is 37.6 Å². The van der Waals surface area contributed by atoms with E-state index < -0.39 is 0 Å². The van der Waals surface area contributed by atoms with Crippen molar-refractivity contribution in [3.05, 3.63) is 29.6 Å². The van der Waals surface area contributed by atoms with Gasteiger partial charge in [-0.25, -0.2) is 0 Å². The molecular formula is C15H20N2O4S. The molecule has 0 saturated carbocycles. The summed E-state index contributed by atoms with van der Waals surface area (Å²) < 4.78 is 5.77. The van der Waals surface area contributed by atoms with Crippen molar-refractivity contribution in [3.8, 4) is 0 Å². The standard InChI is InChI=1S/C15H20N2O4S/c1-2-21-15(19)12-6-5-8-16(10-12)13(18)11-22-14-7-3-4-9-17(14)20/h3-4,7,9,12H,2,5-6,8,10-11H2,1H3. The lowest BCUT2D eigenvalue weighted by atomic mass is 9.98. The van der Waals surface area contributed by atoms with Crippen LogP contribution in [0.1, 0.15) is 19.8 Å². The van der Waals surface area contributed by atoms with Crippen molar-refractivity contribution >= 4 is 23.6 Å². The largest absolute Gasteiger partial charge is 0.618 e. The molecule has 1 aliphatic heterocycles. The topological polar surface area (TPSA) is 73.5 Å². The molecule has 0 spiro atoms. The third kappa shape index (κ3) is 4.37. The summed E-state index contributed by atoms with van der Waals surface area (Å²) in [5.74, 6) is -0.318. The van der Waals surface area contributed by atoms with Gasteiger partial charge in [0.1, 0.15) is 0 Å². The number of nitrogens with zero attached hydrogens (tertiary/aromatic N) is 2. The van der Waals surface area contributed by atoms with Crippen LogP contribution in [0.2, 0.25) is 0 Å². The van der Waals surface area contributed by atoms with E-state index in [0.717, 1.165) is 17.6 Å². The highest BCUT2D eigenvalue weighted by atomic mass is 32.2. The molecule has 1 atom stereocenters. The molecule has 1 aliphatic rings. The molecule has 1 saturated heterocycles. The predicted molar refractivity (Wildman–Crippen MR) is 82.1 cm³/mol. The average Bonchev–Trinajstić information content (AvgIpc) is 2.54. The Labute approximate surface area is 134 Å². The van der Waals surface area contributed by atoms with E-state index in [9.17, 15) is 14.8 Å². The Morgan fingerprint density at radius 1 is 1.50 bits per heavy atom. The third-order valence-corrected chi connectivity index (χ3v) is 4.53. The molecule has 0 aliphatic carbocycles. The van der Waals surface area contributed by atoms with Crippen LogP contribution in [0.25, 0.3) is 0 Å². The van der Waals surface area contributed by atoms with Gasteiger partial charge in [0, 0.05) is 25.2 Å². The molecule has 1 aromatic heterocycles. The van der Waals surface area contributed by atoms with Gasteiger partial charge in [0.25, 0.3) is 5.03 Å². The van der Waals surface area contributed by atoms with Crippen LogP contribution in [0.5, 0.6) is 0 Å². The lowest BCUT2D eigenvalue weighted by Crippen LogP contribution is -2.43. The van der Waals surface area contributed by atoms with E-state index in [0.29, 0.717) is 24.7 Å². The molecule has 2 heterocycles. The van der Waals surface area contributed by atoms with E-state index in [1.165, 1.54) is 18.0 Å². The van der Waals surface area contributed by atoms with E-state index >= 15 is 0 Å². The highest BCUT2D eigenvalue weighted by molar-refractivity contribution is 7.99. The Morgan fingerprint density at radius 3 is 3.05 bits per heavy atom. The van der Waals surface area contributed by atoms with E-state index in [1.54, 1.807) is 30.0 Å². The summed E-state index contributed by atoms with van der Waals surface area (Å²) >= 11 is 1.21. The average molecular weight is 324 g/mol. The molecule has 6 nitrogen and oxygen atoms in total. The molecule has 22 heavy (non-hydrogen) atoms. The Morgan fingerprint density at radius 2 is 2.32 bits per heavy atom. The number of rotatable bonds is 5. The fraction of sp³-hybridized carbons (Fsp3) is 0.533. The van der Waals surface area contributed by atoms with Crippen LogP contribution >= 0.6 is 11.8 Å². The summed E-state index contributed by atoms with van der Waals surface area (Å²) in [7, 11) is 0. The maximum atomic E-state index is 12.3. The van der Waals surface area contributed by atoms with Crippen LogP contribution < -0.4 is 4.73 Å². The molecule has 7 heteroatoms. The number of carbonyl (C=O) groups is 2. The highest BCUT2D eigenvalue weighted by Crippen LogP contribution is 2.20. The number of ether oxygens (including phenoxy) is 1. The summed E-state index contributed by atoms with van der Waals surface area (Å²) in [5.41, 5.74) is 0. The monoisotopic (exact) mass is 324 g/mol. The number of hydrogen-bond donors (Lipinski definition) is 0. The van der Waals surface area contributed by atoms with Gasteiger partial charge in [-0.2, -0.15) is 4.73 Å². The Kier molecular flexibility index (Phi) is 6.06. The number of aromatic nitrogens is 1. The van der Waals surface area contributed by atoms with Crippen molar-refractivity contribution in [2.45, 2.75) is 24.8 Å². The molecule has 1 unspecified atom stereocenters. The van der Waals surface area contributed by atoms with Crippen LogP contribution in [0.4, 0.5) is 0 Å². The van der Waals surface area contributed by atoms with Crippen molar-refractivity contribution in [1.82, 2.24) is 4.90 Å². The maximum Gasteiger partial charge on any atom is 0.310 e. The second-order valence-electron chi connectivity index (χ2n) is 5.08. The molecule has 0 radical (unpaired) electrons. The van der Waals surface area contributed by atoms with Gasteiger partial charge in [0.2, 0.25) is 5.91 Å². The SMILES string of the molecule is CCOC(=O)C1CCCN(C(=O)CSc2cccc[n+]2[O-])C1. The van der Waals surface area contributed by atoms with Gasteiger partial charge in [0.15, 0.2) is 6.20 Å². The molecule has 2 rings (SSSR count). The van der Waals surface area contributed by atoms with Gasteiger partial charge < -0.3 is 14.8 Å². The van der Waals surface area contributed by atoms with E-state index in [2.05, 4.69) is 0 Å². The zero-order valence-electron chi connectivity index (χ0n) is 12.6. The van der Waals surface area contributed by atoms with Crippen LogP contribution in [-0.2, 0) is 14.3 Å². The first-order chi connectivity index (χ1) is 10.6. The van der Waals surface area contributed by atoms with Gasteiger partial charge in [0.05, 0.1) is 18.3 Å². The van der Waals surface area contributed by atoms with E-state index in [4.69, 9.17) is 4.74 Å². The minimum atomic E-state index is -0.233. The lowest BCUT2D eigenvalue weighted by molar-refractivity contribution is -0.645. The van der Waals surface area contributed by atoms with Crippen LogP contribution in [0.3, 0.4) is 0 Å². The second kappa shape index (κ2) is 8.03. The number of hydrogen-bond acceptors (Lipinski definition) is 5. The van der Waals surface area contributed by atoms with Crippen molar-refractivity contribution in [3.63, 3.8) is 0 Å². The Hall–Kier alpha value is -1.76. The number of carbonyl (C=O) groups excluding carboxylic acids is 2. The molecular weight excluding hydrogens is 304 g/mol. The molecule has 0 aromatic carbocycles. The number of pyridine rings is 1. The number of thioether (sulfide) groups is 1. The van der Waals surface area contributed by atoms with Crippen molar-refractivity contribution in [1.29, 1.82) is 0 Å². The van der Waals surface area contributed by atoms with Crippen molar-refractivity contribution < 1.29 is 19.1 Å². The van der Waals surface area contributed by atoms with Gasteiger partial charge in [-0.3, -0.25) is 9.59 Å². The van der Waals surface area contributed by atoms with Crippen molar-refractivity contribution in [2.24, 2.45) is 5.92 Å². The Balaban J connectivity index is 1.87. The zero-order valence-corrected chi connectivity index (χ0v) is 13.4. The normalized spacial score (nSPS) is 18.0. The number of esters is 1. The first kappa shape index (κ1) is 16.6. The molecule has 1 amide bonds. The lowest BCUT2D eigenvalue weighted by Gasteiger charge is -2.31. The minimum absolute atomic E-state index is 0.0529. The fourth-order valence-electron chi connectivity index (χ4n) is 2.41. The van der Waals surface area contributed by atoms with E-state index in [1.807, 2.05) is 0 Å². The Bertz CT molecular complexity index is 538. The second-order valence-corrected chi connectivity index (χ2v) is 6.08. The number of piperidine rings is 1. The summed E-state index contributed by atoms with van der Waals surface area (Å²) in [4.78, 5) is 25.7. The van der Waals surface area contributed by atoms with E-state index in [-0.39, 0.29) is 23.5 Å². The van der Waals surface area contributed by atoms with Crippen molar-refractivity contribution in [2.75, 3.05) is 25.4 Å². The smallest absolute Gasteiger partial charge is 0.310 e. The summed E-state index contributed by atoms with van der Waals surface area (Å²) in [6.45, 7) is 3.20. The fourth-order valence-corrected chi connectivity index (χ4v) is 3.22. The van der Waals surface area contributed by atoms with Crippen LogP contribution in [0.15, 0.2) is 29.4 Å². The van der Waals surface area contributed by atoms with Crippen LogP contribution in [0, 0.1) is 11.1 Å². The number of likely N-dealkylation sites (tertiary alicyclic amines) is 1. The molecule has 1 fully saturated rings. The molecule has 0 bridgehead atoms. The minimum Gasteiger partial charge on any atom is -0.618 e. The van der Waals surface area contributed by atoms with Gasteiger partial charge >= 0.3 is 5.97 Å². The zero-order chi connectivity index (χ0) is 15.9. The first-order valence-corrected chi connectivity index (χ1v) is 8.35. The van der Waals surface area contributed by atoms with Gasteiger partial charge in [-0.15, -0.1) is 0 Å². The molecule has 0 N–H and O–H groups in total. The number of amides is 1. The quantitative estimate of drug-likeness (QED) is 0.352. The summed E-state index contributed by atoms with van der Waals surface area (Å²) in [6.07, 6.45) is 2.96. The molecule has 1 aromatic rings. The van der Waals surface area contributed by atoms with Crippen LogP contribution in [-0.4, -0.2) is 42.2 Å². The maximum absolute atomic E-state index is 12.3. The highest BCUT2D eigenvalue weighted by Gasteiger charge is 2.29. The summed E-state index contributed by atoms with van der Waals surface area (Å²) in [5, 5.41) is 12.0.